The molecule has 0 aromatic heterocycles. The summed E-state index contributed by atoms with van der Waals surface area (Å²) in [5.74, 6) is -0.526. The Kier molecular flexibility index (Phi) is 5.83. The highest BCUT2D eigenvalue weighted by atomic mass is 35.5. The second-order valence-corrected chi connectivity index (χ2v) is 8.81. The average molecular weight is 411 g/mol. The van der Waals surface area contributed by atoms with Gasteiger partial charge in [-0.2, -0.15) is 4.31 Å². The molecule has 8 heteroatoms. The van der Waals surface area contributed by atoms with Gasteiger partial charge in [0.05, 0.1) is 11.3 Å². The number of sulfonamides is 1. The van der Waals surface area contributed by atoms with Crippen LogP contribution in [-0.4, -0.2) is 49.7 Å². The molecule has 0 bridgehead atoms. The van der Waals surface area contributed by atoms with Crippen LogP contribution in [0.25, 0.3) is 0 Å². The highest BCUT2D eigenvalue weighted by molar-refractivity contribution is 7.89. The Morgan fingerprint density at radius 1 is 1.11 bits per heavy atom. The van der Waals surface area contributed by atoms with Crippen molar-refractivity contribution in [1.82, 2.24) is 9.21 Å². The third-order valence-electron chi connectivity index (χ3n) is 4.66. The summed E-state index contributed by atoms with van der Waals surface area (Å²) in [5.41, 5.74) is 1.03. The van der Waals surface area contributed by atoms with Crippen LogP contribution in [0.2, 0.25) is 5.02 Å². The highest BCUT2D eigenvalue weighted by Gasteiger charge is 2.30. The molecule has 0 aliphatic carbocycles. The Labute approximate surface area is 163 Å². The largest absolute Gasteiger partial charge is 0.340 e. The maximum absolute atomic E-state index is 13.4. The van der Waals surface area contributed by atoms with Crippen molar-refractivity contribution in [2.45, 2.75) is 18.2 Å². The van der Waals surface area contributed by atoms with E-state index in [0.29, 0.717) is 18.1 Å². The SMILES string of the molecule is Cc1cc(S(=O)(=O)N2CCN(C(=O)Cc3ccccc3Cl)CC2)ccc1F. The Hall–Kier alpha value is -1.96. The molecule has 0 unspecified atom stereocenters. The van der Waals surface area contributed by atoms with Gasteiger partial charge in [-0.05, 0) is 42.3 Å². The van der Waals surface area contributed by atoms with Crippen molar-refractivity contribution in [2.75, 3.05) is 26.2 Å². The maximum atomic E-state index is 13.4. The minimum atomic E-state index is -3.71. The molecule has 2 aromatic rings. The van der Waals surface area contributed by atoms with Gasteiger partial charge in [-0.1, -0.05) is 29.8 Å². The van der Waals surface area contributed by atoms with E-state index in [-0.39, 0.29) is 35.9 Å². The third kappa shape index (κ3) is 4.31. The quantitative estimate of drug-likeness (QED) is 0.778. The molecule has 1 heterocycles. The fourth-order valence-electron chi connectivity index (χ4n) is 3.02. The van der Waals surface area contributed by atoms with Crippen LogP contribution in [0.1, 0.15) is 11.1 Å². The van der Waals surface area contributed by atoms with E-state index < -0.39 is 15.8 Å². The fourth-order valence-corrected chi connectivity index (χ4v) is 4.73. The normalized spacial score (nSPS) is 15.7. The first-order valence-corrected chi connectivity index (χ1v) is 10.4. The number of carbonyl (C=O) groups is 1. The first-order valence-electron chi connectivity index (χ1n) is 8.56. The Morgan fingerprint density at radius 3 is 2.41 bits per heavy atom. The summed E-state index contributed by atoms with van der Waals surface area (Å²) in [7, 11) is -3.71. The molecular formula is C19H20ClFN2O3S. The summed E-state index contributed by atoms with van der Waals surface area (Å²) in [6.45, 7) is 2.55. The van der Waals surface area contributed by atoms with Gasteiger partial charge in [-0.25, -0.2) is 12.8 Å². The standard InChI is InChI=1S/C19H20ClFN2O3S/c1-14-12-16(6-7-18(14)21)27(25,26)23-10-8-22(9-11-23)19(24)13-15-4-2-3-5-17(15)20/h2-7,12H,8-11,13H2,1H3. The number of aryl methyl sites for hydroxylation is 1. The van der Waals surface area contributed by atoms with Gasteiger partial charge in [0.25, 0.3) is 0 Å². The zero-order valence-corrected chi connectivity index (χ0v) is 16.4. The minimum absolute atomic E-state index is 0.0669. The summed E-state index contributed by atoms with van der Waals surface area (Å²) < 4.78 is 40.2. The summed E-state index contributed by atoms with van der Waals surface area (Å²) in [6, 6.07) is 10.9. The Balaban J connectivity index is 1.65. The lowest BCUT2D eigenvalue weighted by atomic mass is 10.1. The monoisotopic (exact) mass is 410 g/mol. The predicted molar refractivity (Wildman–Crippen MR) is 102 cm³/mol. The van der Waals surface area contributed by atoms with E-state index in [1.807, 2.05) is 6.07 Å². The molecule has 1 saturated heterocycles. The van der Waals surface area contributed by atoms with Crippen molar-refractivity contribution >= 4 is 27.5 Å². The number of nitrogens with zero attached hydrogens (tertiary/aromatic N) is 2. The number of amides is 1. The van der Waals surface area contributed by atoms with Gasteiger partial charge in [0.15, 0.2) is 0 Å². The van der Waals surface area contributed by atoms with Crippen LogP contribution in [0, 0.1) is 12.7 Å². The van der Waals surface area contributed by atoms with E-state index in [1.165, 1.54) is 23.4 Å². The lowest BCUT2D eigenvalue weighted by Crippen LogP contribution is -2.50. The molecule has 0 radical (unpaired) electrons. The average Bonchev–Trinajstić information content (AvgIpc) is 2.65. The van der Waals surface area contributed by atoms with Crippen LogP contribution in [-0.2, 0) is 21.2 Å². The van der Waals surface area contributed by atoms with Crippen molar-refractivity contribution < 1.29 is 17.6 Å². The van der Waals surface area contributed by atoms with E-state index in [9.17, 15) is 17.6 Å². The molecule has 5 nitrogen and oxygen atoms in total. The van der Waals surface area contributed by atoms with E-state index in [2.05, 4.69) is 0 Å². The number of carbonyl (C=O) groups excluding carboxylic acids is 1. The van der Waals surface area contributed by atoms with E-state index in [0.717, 1.165) is 11.6 Å². The predicted octanol–water partition coefficient (Wildman–Crippen LogP) is 2.86. The molecule has 0 atom stereocenters. The van der Waals surface area contributed by atoms with Crippen molar-refractivity contribution in [3.8, 4) is 0 Å². The van der Waals surface area contributed by atoms with Gasteiger partial charge < -0.3 is 4.90 Å². The van der Waals surface area contributed by atoms with Crippen molar-refractivity contribution in [3.05, 3.63) is 64.4 Å². The molecule has 1 aliphatic rings. The topological polar surface area (TPSA) is 57.7 Å². The van der Waals surface area contributed by atoms with Gasteiger partial charge >= 0.3 is 0 Å². The maximum Gasteiger partial charge on any atom is 0.243 e. The van der Waals surface area contributed by atoms with Crippen LogP contribution < -0.4 is 0 Å². The lowest BCUT2D eigenvalue weighted by Gasteiger charge is -2.34. The Bertz CT molecular complexity index is 957. The van der Waals surface area contributed by atoms with E-state index in [4.69, 9.17) is 11.6 Å². The van der Waals surface area contributed by atoms with Crippen LogP contribution in [0.3, 0.4) is 0 Å². The molecule has 3 rings (SSSR count). The van der Waals surface area contributed by atoms with Crippen LogP contribution in [0.5, 0.6) is 0 Å². The van der Waals surface area contributed by atoms with Crippen molar-refractivity contribution in [3.63, 3.8) is 0 Å². The number of hydrogen-bond acceptors (Lipinski definition) is 3. The van der Waals surface area contributed by atoms with Gasteiger partial charge in [0.1, 0.15) is 5.82 Å². The van der Waals surface area contributed by atoms with E-state index >= 15 is 0 Å². The molecule has 0 spiro atoms. The van der Waals surface area contributed by atoms with Crippen LogP contribution in [0.15, 0.2) is 47.4 Å². The molecular weight excluding hydrogens is 391 g/mol. The number of piperazine rings is 1. The number of rotatable bonds is 4. The summed E-state index contributed by atoms with van der Waals surface area (Å²) >= 11 is 6.10. The van der Waals surface area contributed by atoms with Gasteiger partial charge in [-0.3, -0.25) is 4.79 Å². The zero-order valence-electron chi connectivity index (χ0n) is 14.9. The molecule has 1 amide bonds. The third-order valence-corrected chi connectivity index (χ3v) is 6.92. The van der Waals surface area contributed by atoms with Crippen molar-refractivity contribution in [2.24, 2.45) is 0 Å². The van der Waals surface area contributed by atoms with Crippen molar-refractivity contribution in [1.29, 1.82) is 0 Å². The van der Waals surface area contributed by atoms with Gasteiger partial charge in [-0.15, -0.1) is 0 Å². The Morgan fingerprint density at radius 2 is 1.78 bits per heavy atom. The number of halogens is 2. The molecule has 1 fully saturated rings. The molecule has 27 heavy (non-hydrogen) atoms. The van der Waals surface area contributed by atoms with Gasteiger partial charge in [0.2, 0.25) is 15.9 Å². The zero-order chi connectivity index (χ0) is 19.6. The summed E-state index contributed by atoms with van der Waals surface area (Å²) in [4.78, 5) is 14.2. The first kappa shape index (κ1) is 19.8. The minimum Gasteiger partial charge on any atom is -0.340 e. The highest BCUT2D eigenvalue weighted by Crippen LogP contribution is 2.21. The molecule has 144 valence electrons. The van der Waals surface area contributed by atoms with Crippen LogP contribution in [0.4, 0.5) is 4.39 Å². The smallest absolute Gasteiger partial charge is 0.243 e. The lowest BCUT2D eigenvalue weighted by molar-refractivity contribution is -0.131. The fraction of sp³-hybridized carbons (Fsp3) is 0.316. The summed E-state index contributed by atoms with van der Waals surface area (Å²) in [6.07, 6.45) is 0.184. The van der Waals surface area contributed by atoms with Gasteiger partial charge in [0, 0.05) is 31.2 Å². The second-order valence-electron chi connectivity index (χ2n) is 6.46. The summed E-state index contributed by atoms with van der Waals surface area (Å²) in [5, 5.41) is 0.541. The van der Waals surface area contributed by atoms with Crippen LogP contribution >= 0.6 is 11.6 Å². The number of hydrogen-bond donors (Lipinski definition) is 0. The number of benzene rings is 2. The first-order chi connectivity index (χ1) is 12.8. The molecule has 0 saturated carbocycles. The van der Waals surface area contributed by atoms with E-state index in [1.54, 1.807) is 23.1 Å². The second kappa shape index (κ2) is 7.96. The molecule has 1 aliphatic heterocycles. The molecule has 0 N–H and O–H groups in total. The molecule has 2 aromatic carbocycles.